The Labute approximate surface area is 172 Å². The molecular weight excluding hydrogens is 364 g/mol. The van der Waals surface area contributed by atoms with Gasteiger partial charge in [-0.3, -0.25) is 19.5 Å². The van der Waals surface area contributed by atoms with E-state index in [1.807, 2.05) is 47.6 Å². The Morgan fingerprint density at radius 1 is 1.07 bits per heavy atom. The molecule has 0 aliphatic carbocycles. The zero-order chi connectivity index (χ0) is 20.2. The van der Waals surface area contributed by atoms with E-state index in [0.717, 1.165) is 50.4 Å². The first-order valence-corrected chi connectivity index (χ1v) is 10.4. The average Bonchev–Trinajstić information content (AvgIpc) is 3.16. The Kier molecular flexibility index (Phi) is 5.90. The highest BCUT2D eigenvalue weighted by Gasteiger charge is 2.38. The van der Waals surface area contributed by atoms with Crippen molar-refractivity contribution in [1.82, 2.24) is 14.8 Å². The maximum absolute atomic E-state index is 13.1. The van der Waals surface area contributed by atoms with Crippen LogP contribution in [0.3, 0.4) is 0 Å². The molecule has 3 heterocycles. The molecule has 152 valence electrons. The van der Waals surface area contributed by atoms with Crippen LogP contribution in [0.4, 0.5) is 5.69 Å². The summed E-state index contributed by atoms with van der Waals surface area (Å²) < 4.78 is 0. The molecule has 29 heavy (non-hydrogen) atoms. The molecule has 0 saturated carbocycles. The lowest BCUT2D eigenvalue weighted by Gasteiger charge is -2.36. The molecule has 1 unspecified atom stereocenters. The molecule has 0 radical (unpaired) electrons. The Bertz CT molecular complexity index is 862. The lowest BCUT2D eigenvalue weighted by atomic mass is 10.1. The molecule has 6 heteroatoms. The number of anilines is 1. The molecule has 1 aromatic heterocycles. The van der Waals surface area contributed by atoms with Gasteiger partial charge < -0.3 is 9.80 Å². The highest BCUT2D eigenvalue weighted by molar-refractivity contribution is 6.00. The molecule has 1 aromatic carbocycles. The number of nitrogens with zero attached hydrogens (tertiary/aromatic N) is 4. The van der Waals surface area contributed by atoms with Gasteiger partial charge in [0.05, 0.1) is 5.92 Å². The number of carbonyl (C=O) groups is 2. The monoisotopic (exact) mass is 392 g/mol. The van der Waals surface area contributed by atoms with E-state index in [4.69, 9.17) is 0 Å². The number of aryl methyl sites for hydroxylation is 1. The summed E-state index contributed by atoms with van der Waals surface area (Å²) in [7, 11) is 0. The van der Waals surface area contributed by atoms with Gasteiger partial charge in [0.1, 0.15) is 0 Å². The third kappa shape index (κ3) is 4.32. The van der Waals surface area contributed by atoms with Crippen LogP contribution in [0.15, 0.2) is 48.8 Å². The van der Waals surface area contributed by atoms with Crippen LogP contribution in [0.1, 0.15) is 24.5 Å². The van der Waals surface area contributed by atoms with Crippen LogP contribution in [0.25, 0.3) is 0 Å². The SMILES string of the molecule is CCc1ccccc1N1CC(C(=O)N2CCN(Cc3ccncc3)CC2)CC1=O. The first kappa shape index (κ1) is 19.6. The highest BCUT2D eigenvalue weighted by Crippen LogP contribution is 2.29. The smallest absolute Gasteiger partial charge is 0.228 e. The van der Waals surface area contributed by atoms with Crippen molar-refractivity contribution in [3.63, 3.8) is 0 Å². The van der Waals surface area contributed by atoms with Gasteiger partial charge in [0.2, 0.25) is 11.8 Å². The zero-order valence-corrected chi connectivity index (χ0v) is 17.0. The second-order valence-electron chi connectivity index (χ2n) is 7.84. The topological polar surface area (TPSA) is 56.8 Å². The molecule has 2 aromatic rings. The molecule has 2 amide bonds. The second-order valence-corrected chi connectivity index (χ2v) is 7.84. The third-order valence-electron chi connectivity index (χ3n) is 5.98. The maximum atomic E-state index is 13.1. The number of rotatable bonds is 5. The van der Waals surface area contributed by atoms with Gasteiger partial charge in [-0.2, -0.15) is 0 Å². The number of carbonyl (C=O) groups excluding carboxylic acids is 2. The quantitative estimate of drug-likeness (QED) is 0.784. The van der Waals surface area contributed by atoms with Gasteiger partial charge in [-0.05, 0) is 35.7 Å². The van der Waals surface area contributed by atoms with E-state index in [1.54, 1.807) is 4.90 Å². The number of pyridine rings is 1. The number of amides is 2. The minimum Gasteiger partial charge on any atom is -0.340 e. The van der Waals surface area contributed by atoms with E-state index in [-0.39, 0.29) is 17.7 Å². The van der Waals surface area contributed by atoms with Crippen LogP contribution in [-0.2, 0) is 22.6 Å². The lowest BCUT2D eigenvalue weighted by Crippen LogP contribution is -2.50. The molecule has 0 N–H and O–H groups in total. The molecular formula is C23H28N4O2. The van der Waals surface area contributed by atoms with Gasteiger partial charge in [-0.1, -0.05) is 25.1 Å². The number of hydrogen-bond donors (Lipinski definition) is 0. The molecule has 0 bridgehead atoms. The van der Waals surface area contributed by atoms with E-state index in [2.05, 4.69) is 22.9 Å². The summed E-state index contributed by atoms with van der Waals surface area (Å²) in [6.07, 6.45) is 4.81. The largest absolute Gasteiger partial charge is 0.340 e. The normalized spacial score (nSPS) is 20.3. The number of para-hydroxylation sites is 1. The van der Waals surface area contributed by atoms with Gasteiger partial charge in [-0.25, -0.2) is 0 Å². The minimum atomic E-state index is -0.237. The van der Waals surface area contributed by atoms with Crippen molar-refractivity contribution in [2.24, 2.45) is 5.92 Å². The Morgan fingerprint density at radius 2 is 1.79 bits per heavy atom. The maximum Gasteiger partial charge on any atom is 0.228 e. The van der Waals surface area contributed by atoms with Gasteiger partial charge in [0.25, 0.3) is 0 Å². The molecule has 0 spiro atoms. The van der Waals surface area contributed by atoms with Gasteiger partial charge in [-0.15, -0.1) is 0 Å². The summed E-state index contributed by atoms with van der Waals surface area (Å²) in [4.78, 5) is 35.9. The zero-order valence-electron chi connectivity index (χ0n) is 17.0. The van der Waals surface area contributed by atoms with Crippen molar-refractivity contribution in [3.05, 3.63) is 59.9 Å². The molecule has 1 atom stereocenters. The van der Waals surface area contributed by atoms with Crippen molar-refractivity contribution in [2.45, 2.75) is 26.3 Å². The van der Waals surface area contributed by atoms with Crippen molar-refractivity contribution >= 4 is 17.5 Å². The summed E-state index contributed by atoms with van der Waals surface area (Å²) >= 11 is 0. The van der Waals surface area contributed by atoms with E-state index < -0.39 is 0 Å². The van der Waals surface area contributed by atoms with Crippen LogP contribution in [0.2, 0.25) is 0 Å². The predicted octanol–water partition coefficient (Wildman–Crippen LogP) is 2.34. The summed E-state index contributed by atoms with van der Waals surface area (Å²) in [5.74, 6) is -0.0573. The lowest BCUT2D eigenvalue weighted by molar-refractivity contribution is -0.137. The molecule has 2 fully saturated rings. The molecule has 2 aliphatic rings. The summed E-state index contributed by atoms with van der Waals surface area (Å²) in [5, 5.41) is 0. The first-order chi connectivity index (χ1) is 14.2. The van der Waals surface area contributed by atoms with Crippen LogP contribution in [-0.4, -0.2) is 59.3 Å². The number of aromatic nitrogens is 1. The second kappa shape index (κ2) is 8.74. The fourth-order valence-electron chi connectivity index (χ4n) is 4.31. The van der Waals surface area contributed by atoms with Crippen LogP contribution in [0, 0.1) is 5.92 Å². The van der Waals surface area contributed by atoms with Crippen LogP contribution >= 0.6 is 0 Å². The van der Waals surface area contributed by atoms with Gasteiger partial charge >= 0.3 is 0 Å². The molecule has 2 aliphatic heterocycles. The van der Waals surface area contributed by atoms with Crippen molar-refractivity contribution in [3.8, 4) is 0 Å². The number of benzene rings is 1. The fourth-order valence-corrected chi connectivity index (χ4v) is 4.31. The van der Waals surface area contributed by atoms with E-state index in [0.29, 0.717) is 13.0 Å². The average molecular weight is 393 g/mol. The van der Waals surface area contributed by atoms with Crippen LogP contribution in [0.5, 0.6) is 0 Å². The predicted molar refractivity (Wildman–Crippen MR) is 112 cm³/mol. The van der Waals surface area contributed by atoms with Gasteiger partial charge in [0, 0.05) is 63.8 Å². The van der Waals surface area contributed by atoms with Crippen molar-refractivity contribution in [2.75, 3.05) is 37.6 Å². The minimum absolute atomic E-state index is 0.0561. The Hall–Kier alpha value is -2.73. The summed E-state index contributed by atoms with van der Waals surface area (Å²) in [6.45, 7) is 6.63. The highest BCUT2D eigenvalue weighted by atomic mass is 16.2. The van der Waals surface area contributed by atoms with E-state index >= 15 is 0 Å². The standard InChI is InChI=1S/C23H28N4O2/c1-2-19-5-3-4-6-21(19)27-17-20(15-22(27)28)23(29)26-13-11-25(12-14-26)16-18-7-9-24-10-8-18/h3-10,20H,2,11-17H2,1H3. The van der Waals surface area contributed by atoms with Crippen molar-refractivity contribution in [1.29, 1.82) is 0 Å². The summed E-state index contributed by atoms with van der Waals surface area (Å²) in [6, 6.07) is 12.1. The molecule has 2 saturated heterocycles. The van der Waals surface area contributed by atoms with E-state index in [1.165, 1.54) is 5.56 Å². The number of hydrogen-bond acceptors (Lipinski definition) is 4. The third-order valence-corrected chi connectivity index (χ3v) is 5.98. The number of piperazine rings is 1. The molecule has 4 rings (SSSR count). The van der Waals surface area contributed by atoms with Gasteiger partial charge in [0.15, 0.2) is 0 Å². The molecule has 6 nitrogen and oxygen atoms in total. The van der Waals surface area contributed by atoms with Crippen molar-refractivity contribution < 1.29 is 9.59 Å². The summed E-state index contributed by atoms with van der Waals surface area (Å²) in [5.41, 5.74) is 3.35. The fraction of sp³-hybridized carbons (Fsp3) is 0.435. The van der Waals surface area contributed by atoms with E-state index in [9.17, 15) is 9.59 Å². The van der Waals surface area contributed by atoms with Crippen LogP contribution < -0.4 is 4.90 Å². The first-order valence-electron chi connectivity index (χ1n) is 10.4. The Morgan fingerprint density at radius 3 is 2.52 bits per heavy atom. The Balaban J connectivity index is 1.34.